The molecule has 1 aliphatic rings. The number of halogens is 1. The van der Waals surface area contributed by atoms with Crippen molar-refractivity contribution in [2.45, 2.75) is 25.7 Å². The minimum atomic E-state index is -0.134. The normalized spacial score (nSPS) is 18.2. The lowest BCUT2D eigenvalue weighted by Crippen LogP contribution is -2.41. The van der Waals surface area contributed by atoms with Gasteiger partial charge in [0.25, 0.3) is 0 Å². The minimum Gasteiger partial charge on any atom is -0.594 e. The maximum absolute atomic E-state index is 12.2. The third-order valence-electron chi connectivity index (χ3n) is 4.07. The van der Waals surface area contributed by atoms with Crippen molar-refractivity contribution in [2.24, 2.45) is 21.7 Å². The highest BCUT2D eigenvalue weighted by molar-refractivity contribution is 6.31. The van der Waals surface area contributed by atoms with Gasteiger partial charge < -0.3 is 16.7 Å². The molecule has 8 heteroatoms. The van der Waals surface area contributed by atoms with Gasteiger partial charge in [-0.05, 0) is 30.5 Å². The molecule has 2 aromatic rings. The fourth-order valence-corrected chi connectivity index (χ4v) is 3.34. The first-order valence-electron chi connectivity index (χ1n) is 7.46. The third kappa shape index (κ3) is 3.03. The van der Waals surface area contributed by atoms with E-state index in [-0.39, 0.29) is 11.9 Å². The lowest BCUT2D eigenvalue weighted by Gasteiger charge is -2.25. The van der Waals surface area contributed by atoms with Crippen molar-refractivity contribution in [1.29, 1.82) is 0 Å². The molecule has 3 rings (SSSR count). The summed E-state index contributed by atoms with van der Waals surface area (Å²) in [7, 11) is 0. The molecule has 1 unspecified atom stereocenters. The van der Waals surface area contributed by atoms with E-state index in [0.29, 0.717) is 34.1 Å². The number of hydrogen-bond donors (Lipinski definition) is 2. The molecule has 4 N–H and O–H groups in total. The monoisotopic (exact) mass is 344 g/mol. The average molecular weight is 345 g/mol. The van der Waals surface area contributed by atoms with E-state index in [0.717, 1.165) is 16.7 Å². The standard InChI is InChI=1S/C16H17ClN6O/c1-9-8-20-23(24)14-7-10(11-4-2-3-5-12(11)17)6-13(15(9)14)21-22-16(18)19/h2-5,8,10H,6-7H2,1H3,(H4,18,19,22)/b21-13+. The predicted molar refractivity (Wildman–Crippen MR) is 92.8 cm³/mol. The molecule has 24 heavy (non-hydrogen) atoms. The topological polar surface area (TPSA) is 117 Å². The Balaban J connectivity index is 2.14. The maximum Gasteiger partial charge on any atom is 0.231 e. The van der Waals surface area contributed by atoms with Crippen LogP contribution in [-0.2, 0) is 6.42 Å². The first kappa shape index (κ1) is 16.2. The van der Waals surface area contributed by atoms with E-state index >= 15 is 0 Å². The molecule has 0 amide bonds. The van der Waals surface area contributed by atoms with E-state index in [4.69, 9.17) is 23.1 Å². The highest BCUT2D eigenvalue weighted by Crippen LogP contribution is 2.35. The SMILES string of the molecule is Cc1cn[n+]([O-])c2c1/C(=N/N=C(N)N)CC(c1ccccc1Cl)C2. The molecule has 0 saturated carbocycles. The molecule has 1 aliphatic carbocycles. The van der Waals surface area contributed by atoms with Crippen LogP contribution in [0.1, 0.15) is 34.7 Å². The Labute approximate surface area is 144 Å². The van der Waals surface area contributed by atoms with Crippen molar-refractivity contribution in [3.8, 4) is 0 Å². The molecule has 0 radical (unpaired) electrons. The number of rotatable bonds is 2. The Bertz CT molecular complexity index is 844. The Hall–Kier alpha value is -2.67. The van der Waals surface area contributed by atoms with Gasteiger partial charge in [0.1, 0.15) is 0 Å². The number of nitrogens with zero attached hydrogens (tertiary/aromatic N) is 4. The van der Waals surface area contributed by atoms with Gasteiger partial charge in [-0.2, -0.15) is 5.10 Å². The Morgan fingerprint density at radius 1 is 1.33 bits per heavy atom. The Morgan fingerprint density at radius 3 is 2.79 bits per heavy atom. The number of benzene rings is 1. The number of guanidine groups is 1. The van der Waals surface area contributed by atoms with Crippen molar-refractivity contribution in [2.75, 3.05) is 0 Å². The second-order valence-electron chi connectivity index (χ2n) is 5.72. The fourth-order valence-electron chi connectivity index (χ4n) is 3.05. The molecule has 1 heterocycles. The lowest BCUT2D eigenvalue weighted by molar-refractivity contribution is -0.677. The van der Waals surface area contributed by atoms with Gasteiger partial charge in [0.05, 0.1) is 17.5 Å². The predicted octanol–water partition coefficient (Wildman–Crippen LogP) is 1.38. The Morgan fingerprint density at radius 2 is 2.08 bits per heavy atom. The van der Waals surface area contributed by atoms with Gasteiger partial charge >= 0.3 is 0 Å². The highest BCUT2D eigenvalue weighted by atomic mass is 35.5. The largest absolute Gasteiger partial charge is 0.594 e. The van der Waals surface area contributed by atoms with Crippen LogP contribution in [-0.4, -0.2) is 16.8 Å². The number of hydrogen-bond acceptors (Lipinski definition) is 4. The van der Waals surface area contributed by atoms with Crippen LogP contribution in [0.3, 0.4) is 0 Å². The smallest absolute Gasteiger partial charge is 0.231 e. The molecular formula is C16H17ClN6O. The van der Waals surface area contributed by atoms with Gasteiger partial charge in [-0.15, -0.1) is 5.10 Å². The van der Waals surface area contributed by atoms with Gasteiger partial charge in [-0.25, -0.2) is 0 Å². The van der Waals surface area contributed by atoms with Crippen LogP contribution in [0.4, 0.5) is 0 Å². The number of fused-ring (bicyclic) bond motifs is 1. The molecule has 1 aromatic heterocycles. The summed E-state index contributed by atoms with van der Waals surface area (Å²) in [5.74, 6) is -0.131. The summed E-state index contributed by atoms with van der Waals surface area (Å²) >= 11 is 6.32. The highest BCUT2D eigenvalue weighted by Gasteiger charge is 2.33. The summed E-state index contributed by atoms with van der Waals surface area (Å²) in [6.45, 7) is 1.88. The van der Waals surface area contributed by atoms with Crippen molar-refractivity contribution in [3.63, 3.8) is 0 Å². The molecule has 0 spiro atoms. The molecular weight excluding hydrogens is 328 g/mol. The van der Waals surface area contributed by atoms with Crippen LogP contribution < -0.4 is 16.3 Å². The van der Waals surface area contributed by atoms with Gasteiger partial charge in [-0.3, -0.25) is 0 Å². The van der Waals surface area contributed by atoms with Crippen molar-refractivity contribution in [1.82, 2.24) is 5.10 Å². The van der Waals surface area contributed by atoms with E-state index in [1.54, 1.807) is 0 Å². The Kier molecular flexibility index (Phi) is 4.35. The van der Waals surface area contributed by atoms with Crippen LogP contribution in [0.25, 0.3) is 0 Å². The molecule has 124 valence electrons. The van der Waals surface area contributed by atoms with E-state index < -0.39 is 0 Å². The molecule has 0 fully saturated rings. The summed E-state index contributed by atoms with van der Waals surface area (Å²) in [6.07, 6.45) is 2.63. The summed E-state index contributed by atoms with van der Waals surface area (Å²) in [6, 6.07) is 7.58. The van der Waals surface area contributed by atoms with Gasteiger partial charge in [0.15, 0.2) is 0 Å². The van der Waals surface area contributed by atoms with E-state index in [1.165, 1.54) is 6.20 Å². The first-order chi connectivity index (χ1) is 11.5. The minimum absolute atomic E-state index is 0.00273. The number of aryl methyl sites for hydroxylation is 1. The van der Waals surface area contributed by atoms with Gasteiger partial charge in [0, 0.05) is 22.5 Å². The summed E-state index contributed by atoms with van der Waals surface area (Å²) in [4.78, 5) is 0.635. The number of nitrogens with two attached hydrogens (primary N) is 2. The van der Waals surface area contributed by atoms with Gasteiger partial charge in [-0.1, -0.05) is 34.6 Å². The van der Waals surface area contributed by atoms with Crippen LogP contribution in [0.2, 0.25) is 5.02 Å². The first-order valence-corrected chi connectivity index (χ1v) is 7.83. The molecule has 7 nitrogen and oxygen atoms in total. The molecule has 0 saturated heterocycles. The number of aromatic nitrogens is 2. The second-order valence-corrected chi connectivity index (χ2v) is 6.13. The van der Waals surface area contributed by atoms with E-state index in [2.05, 4.69) is 15.3 Å². The fraction of sp³-hybridized carbons (Fsp3) is 0.250. The summed E-state index contributed by atoms with van der Waals surface area (Å²) < 4.78 is 0. The van der Waals surface area contributed by atoms with Crippen molar-refractivity contribution < 1.29 is 4.85 Å². The third-order valence-corrected chi connectivity index (χ3v) is 4.41. The molecule has 1 aromatic carbocycles. The lowest BCUT2D eigenvalue weighted by atomic mass is 9.80. The van der Waals surface area contributed by atoms with Gasteiger partial charge in [0.2, 0.25) is 11.7 Å². The zero-order valence-electron chi connectivity index (χ0n) is 13.1. The molecule has 0 bridgehead atoms. The second kappa shape index (κ2) is 6.45. The molecule has 1 atom stereocenters. The molecule has 0 aliphatic heterocycles. The van der Waals surface area contributed by atoms with Crippen LogP contribution in [0.15, 0.2) is 40.7 Å². The maximum atomic E-state index is 12.2. The van der Waals surface area contributed by atoms with Crippen molar-refractivity contribution in [3.05, 3.63) is 63.1 Å². The van der Waals surface area contributed by atoms with Crippen LogP contribution in [0.5, 0.6) is 0 Å². The van der Waals surface area contributed by atoms with Crippen molar-refractivity contribution >= 4 is 23.3 Å². The van der Waals surface area contributed by atoms with Crippen LogP contribution >= 0.6 is 11.6 Å². The van der Waals surface area contributed by atoms with E-state index in [1.807, 2.05) is 31.2 Å². The average Bonchev–Trinajstić information content (AvgIpc) is 2.56. The van der Waals surface area contributed by atoms with E-state index in [9.17, 15) is 5.21 Å². The quantitative estimate of drug-likeness (QED) is 0.281. The summed E-state index contributed by atoms with van der Waals surface area (Å²) in [5.41, 5.74) is 14.6. The summed E-state index contributed by atoms with van der Waals surface area (Å²) in [5, 5.41) is 24.6. The van der Waals surface area contributed by atoms with Crippen LogP contribution in [0, 0.1) is 12.1 Å². The zero-order chi connectivity index (χ0) is 17.3. The zero-order valence-corrected chi connectivity index (χ0v) is 13.9.